The first-order valence-corrected chi connectivity index (χ1v) is 6.76. The van der Waals surface area contributed by atoms with Gasteiger partial charge in [0.05, 0.1) is 14.2 Å². The van der Waals surface area contributed by atoms with Gasteiger partial charge in [0, 0.05) is 18.3 Å². The maximum Gasteiger partial charge on any atom is 0.162 e. The molecule has 0 aliphatic rings. The van der Waals surface area contributed by atoms with Gasteiger partial charge in [0.25, 0.3) is 0 Å². The minimum Gasteiger partial charge on any atom is -0.493 e. The van der Waals surface area contributed by atoms with Crippen molar-refractivity contribution in [3.63, 3.8) is 0 Å². The standard InChI is InChI=1S/C17H20FNO2/c1-11-7-13(5-6-14(11)18)10-19-15-9-17(21-4)16(20-3)8-12(15)2/h5-9,19H,10H2,1-4H3. The summed E-state index contributed by atoms with van der Waals surface area (Å²) in [6.45, 7) is 4.39. The third-order valence-corrected chi connectivity index (χ3v) is 3.44. The lowest BCUT2D eigenvalue weighted by Crippen LogP contribution is -2.03. The molecule has 0 amide bonds. The van der Waals surface area contributed by atoms with Crippen LogP contribution in [-0.4, -0.2) is 14.2 Å². The Labute approximate surface area is 124 Å². The van der Waals surface area contributed by atoms with Crippen LogP contribution in [0.3, 0.4) is 0 Å². The zero-order valence-electron chi connectivity index (χ0n) is 12.8. The molecule has 21 heavy (non-hydrogen) atoms. The number of nitrogens with one attached hydrogen (secondary N) is 1. The Balaban J connectivity index is 2.17. The second-order valence-corrected chi connectivity index (χ2v) is 4.96. The van der Waals surface area contributed by atoms with Crippen LogP contribution in [0.15, 0.2) is 30.3 Å². The van der Waals surface area contributed by atoms with Gasteiger partial charge in [0.2, 0.25) is 0 Å². The number of hydrogen-bond acceptors (Lipinski definition) is 3. The average Bonchev–Trinajstić information content (AvgIpc) is 2.49. The summed E-state index contributed by atoms with van der Waals surface area (Å²) in [5.74, 6) is 1.21. The third kappa shape index (κ3) is 3.45. The van der Waals surface area contributed by atoms with E-state index >= 15 is 0 Å². The van der Waals surface area contributed by atoms with Gasteiger partial charge in [-0.3, -0.25) is 0 Å². The van der Waals surface area contributed by atoms with Crippen molar-refractivity contribution in [2.45, 2.75) is 20.4 Å². The molecule has 112 valence electrons. The molecule has 4 heteroatoms. The Hall–Kier alpha value is -2.23. The quantitative estimate of drug-likeness (QED) is 0.900. The Bertz CT molecular complexity index is 641. The number of benzene rings is 2. The van der Waals surface area contributed by atoms with Gasteiger partial charge in [0.15, 0.2) is 11.5 Å². The van der Waals surface area contributed by atoms with Crippen LogP contribution in [0.2, 0.25) is 0 Å². The van der Waals surface area contributed by atoms with Crippen molar-refractivity contribution in [1.29, 1.82) is 0 Å². The van der Waals surface area contributed by atoms with Crippen LogP contribution in [0.5, 0.6) is 11.5 Å². The van der Waals surface area contributed by atoms with E-state index in [2.05, 4.69) is 5.32 Å². The van der Waals surface area contributed by atoms with Crippen molar-refractivity contribution >= 4 is 5.69 Å². The number of aryl methyl sites for hydroxylation is 2. The molecule has 1 N–H and O–H groups in total. The lowest BCUT2D eigenvalue weighted by atomic mass is 10.1. The van der Waals surface area contributed by atoms with Crippen molar-refractivity contribution in [3.05, 3.63) is 52.8 Å². The van der Waals surface area contributed by atoms with Crippen LogP contribution in [0.25, 0.3) is 0 Å². The molecule has 2 aromatic carbocycles. The SMILES string of the molecule is COc1cc(C)c(NCc2ccc(F)c(C)c2)cc1OC. The smallest absolute Gasteiger partial charge is 0.162 e. The minimum atomic E-state index is -0.180. The molecule has 0 spiro atoms. The first kappa shape index (κ1) is 15.2. The number of ether oxygens (including phenoxy) is 2. The maximum absolute atomic E-state index is 13.3. The highest BCUT2D eigenvalue weighted by Crippen LogP contribution is 2.33. The number of rotatable bonds is 5. The zero-order chi connectivity index (χ0) is 15.4. The summed E-state index contributed by atoms with van der Waals surface area (Å²) in [7, 11) is 3.23. The van der Waals surface area contributed by atoms with Crippen molar-refractivity contribution in [2.24, 2.45) is 0 Å². The van der Waals surface area contributed by atoms with E-state index < -0.39 is 0 Å². The van der Waals surface area contributed by atoms with Crippen LogP contribution in [0.1, 0.15) is 16.7 Å². The molecule has 0 radical (unpaired) electrons. The summed E-state index contributed by atoms with van der Waals surface area (Å²) in [5.41, 5.74) is 3.71. The maximum atomic E-state index is 13.3. The Morgan fingerprint density at radius 1 is 0.952 bits per heavy atom. The highest BCUT2D eigenvalue weighted by Gasteiger charge is 2.08. The van der Waals surface area contributed by atoms with Gasteiger partial charge < -0.3 is 14.8 Å². The molecule has 0 aromatic heterocycles. The Morgan fingerprint density at radius 2 is 1.62 bits per heavy atom. The van der Waals surface area contributed by atoms with Crippen LogP contribution in [0.4, 0.5) is 10.1 Å². The van der Waals surface area contributed by atoms with Crippen LogP contribution >= 0.6 is 0 Å². The molecule has 0 aliphatic heterocycles. The molecular weight excluding hydrogens is 269 g/mol. The van der Waals surface area contributed by atoms with Gasteiger partial charge in [-0.2, -0.15) is 0 Å². The van der Waals surface area contributed by atoms with Crippen molar-refractivity contribution in [3.8, 4) is 11.5 Å². The molecular formula is C17H20FNO2. The molecule has 0 aliphatic carbocycles. The summed E-state index contributed by atoms with van der Waals surface area (Å²) in [6, 6.07) is 8.96. The fourth-order valence-electron chi connectivity index (χ4n) is 2.19. The lowest BCUT2D eigenvalue weighted by molar-refractivity contribution is 0.355. The fraction of sp³-hybridized carbons (Fsp3) is 0.294. The van der Waals surface area contributed by atoms with Gasteiger partial charge in [-0.15, -0.1) is 0 Å². The van der Waals surface area contributed by atoms with Crippen molar-refractivity contribution in [1.82, 2.24) is 0 Å². The molecule has 3 nitrogen and oxygen atoms in total. The van der Waals surface area contributed by atoms with E-state index in [-0.39, 0.29) is 5.82 Å². The zero-order valence-corrected chi connectivity index (χ0v) is 12.8. The highest BCUT2D eigenvalue weighted by atomic mass is 19.1. The van der Waals surface area contributed by atoms with E-state index in [1.165, 1.54) is 6.07 Å². The molecule has 2 rings (SSSR count). The second kappa shape index (κ2) is 6.48. The Kier molecular flexibility index (Phi) is 4.68. The second-order valence-electron chi connectivity index (χ2n) is 4.96. The summed E-state index contributed by atoms with van der Waals surface area (Å²) in [5, 5.41) is 3.34. The van der Waals surface area contributed by atoms with Gasteiger partial charge in [-0.25, -0.2) is 4.39 Å². The van der Waals surface area contributed by atoms with E-state index in [1.54, 1.807) is 27.2 Å². The van der Waals surface area contributed by atoms with E-state index in [0.29, 0.717) is 23.6 Å². The number of hydrogen-bond donors (Lipinski definition) is 1. The van der Waals surface area contributed by atoms with Gasteiger partial charge >= 0.3 is 0 Å². The van der Waals surface area contributed by atoms with E-state index in [9.17, 15) is 4.39 Å². The number of methoxy groups -OCH3 is 2. The molecule has 0 saturated heterocycles. The average molecular weight is 289 g/mol. The van der Waals surface area contributed by atoms with Gasteiger partial charge in [-0.1, -0.05) is 12.1 Å². The van der Waals surface area contributed by atoms with E-state index in [0.717, 1.165) is 16.8 Å². The topological polar surface area (TPSA) is 30.5 Å². The monoisotopic (exact) mass is 289 g/mol. The molecule has 0 bridgehead atoms. The Morgan fingerprint density at radius 3 is 2.24 bits per heavy atom. The third-order valence-electron chi connectivity index (χ3n) is 3.44. The molecule has 0 unspecified atom stereocenters. The summed E-state index contributed by atoms with van der Waals surface area (Å²) >= 11 is 0. The predicted molar refractivity (Wildman–Crippen MR) is 82.7 cm³/mol. The van der Waals surface area contributed by atoms with Gasteiger partial charge in [-0.05, 0) is 42.7 Å². The van der Waals surface area contributed by atoms with E-state index in [1.807, 2.05) is 25.1 Å². The summed E-state index contributed by atoms with van der Waals surface area (Å²) in [6.07, 6.45) is 0. The summed E-state index contributed by atoms with van der Waals surface area (Å²) < 4.78 is 23.8. The number of anilines is 1. The molecule has 0 fully saturated rings. The lowest BCUT2D eigenvalue weighted by Gasteiger charge is -2.14. The predicted octanol–water partition coefficient (Wildman–Crippen LogP) is 4.07. The first-order chi connectivity index (χ1) is 10.0. The minimum absolute atomic E-state index is 0.180. The molecule has 0 heterocycles. The van der Waals surface area contributed by atoms with Crippen LogP contribution < -0.4 is 14.8 Å². The largest absolute Gasteiger partial charge is 0.493 e. The van der Waals surface area contributed by atoms with Crippen molar-refractivity contribution < 1.29 is 13.9 Å². The van der Waals surface area contributed by atoms with Crippen LogP contribution in [-0.2, 0) is 6.54 Å². The van der Waals surface area contributed by atoms with Crippen LogP contribution in [0, 0.1) is 19.7 Å². The molecule has 0 saturated carbocycles. The number of halogens is 1. The summed E-state index contributed by atoms with van der Waals surface area (Å²) in [4.78, 5) is 0. The molecule has 0 atom stereocenters. The normalized spacial score (nSPS) is 10.3. The molecule has 2 aromatic rings. The highest BCUT2D eigenvalue weighted by molar-refractivity contribution is 5.60. The van der Waals surface area contributed by atoms with Gasteiger partial charge in [0.1, 0.15) is 5.82 Å². The van der Waals surface area contributed by atoms with Crippen molar-refractivity contribution in [2.75, 3.05) is 19.5 Å². The fourth-order valence-corrected chi connectivity index (χ4v) is 2.19. The first-order valence-electron chi connectivity index (χ1n) is 6.76. The van der Waals surface area contributed by atoms with E-state index in [4.69, 9.17) is 9.47 Å².